The Morgan fingerprint density at radius 2 is 2.31 bits per heavy atom. The van der Waals surface area contributed by atoms with Crippen molar-refractivity contribution in [1.82, 2.24) is 5.32 Å². The van der Waals surface area contributed by atoms with Gasteiger partial charge >= 0.3 is 0 Å². The Bertz CT molecular complexity index is 376. The van der Waals surface area contributed by atoms with Crippen LogP contribution in [0.2, 0.25) is 5.02 Å². The van der Waals surface area contributed by atoms with E-state index >= 15 is 0 Å². The molecular weight excluding hydrogens is 226 g/mol. The van der Waals surface area contributed by atoms with Crippen molar-refractivity contribution in [3.05, 3.63) is 28.3 Å². The number of rotatable bonds is 2. The summed E-state index contributed by atoms with van der Waals surface area (Å²) in [6, 6.07) is 4.02. The number of halogens is 1. The average Bonchev–Trinajstić information content (AvgIpc) is 2.33. The fourth-order valence-corrected chi connectivity index (χ4v) is 2.14. The summed E-state index contributed by atoms with van der Waals surface area (Å²) in [5.74, 6) is 0.732. The molecule has 1 unspecified atom stereocenters. The molecule has 0 bridgehead atoms. The standard InChI is InChI=1S/C12H16ClNO2/c1-8-3-4-9(12(15-2)11(8)13)10-7-14-5-6-16-10/h3-4,10,14H,5-7H2,1-2H3. The lowest BCUT2D eigenvalue weighted by atomic mass is 10.0. The van der Waals surface area contributed by atoms with E-state index in [-0.39, 0.29) is 6.10 Å². The fourth-order valence-electron chi connectivity index (χ4n) is 1.90. The number of morpholine rings is 1. The number of aryl methyl sites for hydroxylation is 1. The van der Waals surface area contributed by atoms with E-state index in [2.05, 4.69) is 5.32 Å². The van der Waals surface area contributed by atoms with Crippen molar-refractivity contribution in [2.45, 2.75) is 13.0 Å². The summed E-state index contributed by atoms with van der Waals surface area (Å²) >= 11 is 6.22. The number of nitrogens with one attached hydrogen (secondary N) is 1. The predicted octanol–water partition coefficient (Wildman–Crippen LogP) is 2.32. The average molecular weight is 242 g/mol. The van der Waals surface area contributed by atoms with E-state index in [0.29, 0.717) is 5.02 Å². The zero-order chi connectivity index (χ0) is 11.5. The molecule has 0 saturated carbocycles. The molecule has 1 aromatic rings. The first-order valence-electron chi connectivity index (χ1n) is 5.39. The van der Waals surface area contributed by atoms with E-state index in [1.807, 2.05) is 19.1 Å². The minimum absolute atomic E-state index is 0.0294. The summed E-state index contributed by atoms with van der Waals surface area (Å²) in [6.07, 6.45) is 0.0294. The second-order valence-corrected chi connectivity index (χ2v) is 4.26. The molecule has 1 N–H and O–H groups in total. The van der Waals surface area contributed by atoms with Crippen LogP contribution in [0.15, 0.2) is 12.1 Å². The van der Waals surface area contributed by atoms with Crippen molar-refractivity contribution in [2.24, 2.45) is 0 Å². The molecule has 1 aliphatic heterocycles. The van der Waals surface area contributed by atoms with Crippen LogP contribution in [0.3, 0.4) is 0 Å². The number of benzene rings is 1. The van der Waals surface area contributed by atoms with Crippen LogP contribution in [0, 0.1) is 6.92 Å². The van der Waals surface area contributed by atoms with Gasteiger partial charge in [-0.3, -0.25) is 0 Å². The molecular formula is C12H16ClNO2. The smallest absolute Gasteiger partial charge is 0.143 e. The molecule has 88 valence electrons. The van der Waals surface area contributed by atoms with E-state index in [1.54, 1.807) is 7.11 Å². The van der Waals surface area contributed by atoms with E-state index in [1.165, 1.54) is 0 Å². The maximum Gasteiger partial charge on any atom is 0.143 e. The van der Waals surface area contributed by atoms with Gasteiger partial charge in [-0.25, -0.2) is 0 Å². The Morgan fingerprint density at radius 1 is 1.50 bits per heavy atom. The van der Waals surface area contributed by atoms with Crippen molar-refractivity contribution in [2.75, 3.05) is 26.8 Å². The molecule has 16 heavy (non-hydrogen) atoms. The number of ether oxygens (including phenoxy) is 2. The predicted molar refractivity (Wildman–Crippen MR) is 64.3 cm³/mol. The minimum Gasteiger partial charge on any atom is -0.495 e. The van der Waals surface area contributed by atoms with Gasteiger partial charge in [0.2, 0.25) is 0 Å². The Kier molecular flexibility index (Phi) is 3.69. The van der Waals surface area contributed by atoms with Gasteiger partial charge in [-0.2, -0.15) is 0 Å². The maximum atomic E-state index is 6.22. The summed E-state index contributed by atoms with van der Waals surface area (Å²) in [6.45, 7) is 4.39. The van der Waals surface area contributed by atoms with Crippen molar-refractivity contribution >= 4 is 11.6 Å². The van der Waals surface area contributed by atoms with Gasteiger partial charge in [-0.1, -0.05) is 23.7 Å². The minimum atomic E-state index is 0.0294. The molecule has 1 aliphatic rings. The van der Waals surface area contributed by atoms with Crippen LogP contribution < -0.4 is 10.1 Å². The summed E-state index contributed by atoms with van der Waals surface area (Å²) in [5, 5.41) is 3.97. The maximum absolute atomic E-state index is 6.22. The van der Waals surface area contributed by atoms with E-state index in [9.17, 15) is 0 Å². The van der Waals surface area contributed by atoms with Gasteiger partial charge in [0, 0.05) is 18.7 Å². The van der Waals surface area contributed by atoms with E-state index in [0.717, 1.165) is 36.6 Å². The highest BCUT2D eigenvalue weighted by atomic mass is 35.5. The van der Waals surface area contributed by atoms with Crippen LogP contribution in [-0.4, -0.2) is 26.8 Å². The molecule has 3 nitrogen and oxygen atoms in total. The van der Waals surface area contributed by atoms with Crippen LogP contribution in [0.1, 0.15) is 17.2 Å². The Morgan fingerprint density at radius 3 is 2.94 bits per heavy atom. The first-order chi connectivity index (χ1) is 7.74. The zero-order valence-electron chi connectivity index (χ0n) is 9.55. The van der Waals surface area contributed by atoms with Gasteiger partial charge in [0.15, 0.2) is 0 Å². The summed E-state index contributed by atoms with van der Waals surface area (Å²) in [4.78, 5) is 0. The van der Waals surface area contributed by atoms with Crippen LogP contribution in [0.4, 0.5) is 0 Å². The van der Waals surface area contributed by atoms with Gasteiger partial charge in [-0.05, 0) is 12.5 Å². The molecule has 1 heterocycles. The van der Waals surface area contributed by atoms with Gasteiger partial charge in [-0.15, -0.1) is 0 Å². The van der Waals surface area contributed by atoms with Gasteiger partial charge in [0.1, 0.15) is 5.75 Å². The third-order valence-corrected chi connectivity index (χ3v) is 3.27. The van der Waals surface area contributed by atoms with Gasteiger partial charge in [0.25, 0.3) is 0 Å². The molecule has 1 fully saturated rings. The van der Waals surface area contributed by atoms with Crippen LogP contribution in [0.5, 0.6) is 5.75 Å². The number of hydrogen-bond donors (Lipinski definition) is 1. The van der Waals surface area contributed by atoms with Crippen molar-refractivity contribution in [1.29, 1.82) is 0 Å². The summed E-state index contributed by atoms with van der Waals surface area (Å²) in [5.41, 5.74) is 2.04. The van der Waals surface area contributed by atoms with E-state index in [4.69, 9.17) is 21.1 Å². The van der Waals surface area contributed by atoms with Crippen LogP contribution >= 0.6 is 11.6 Å². The number of methoxy groups -OCH3 is 1. The molecule has 1 aromatic carbocycles. The lowest BCUT2D eigenvalue weighted by Crippen LogP contribution is -2.33. The van der Waals surface area contributed by atoms with Gasteiger partial charge in [0.05, 0.1) is 24.8 Å². The molecule has 0 aromatic heterocycles. The fraction of sp³-hybridized carbons (Fsp3) is 0.500. The molecule has 1 atom stereocenters. The van der Waals surface area contributed by atoms with Crippen molar-refractivity contribution in [3.63, 3.8) is 0 Å². The third-order valence-electron chi connectivity index (χ3n) is 2.80. The van der Waals surface area contributed by atoms with Crippen molar-refractivity contribution < 1.29 is 9.47 Å². The van der Waals surface area contributed by atoms with E-state index < -0.39 is 0 Å². The summed E-state index contributed by atoms with van der Waals surface area (Å²) in [7, 11) is 1.64. The molecule has 0 amide bonds. The molecule has 0 aliphatic carbocycles. The quantitative estimate of drug-likeness (QED) is 0.862. The molecule has 0 spiro atoms. The highest BCUT2D eigenvalue weighted by molar-refractivity contribution is 6.32. The SMILES string of the molecule is COc1c(C2CNCCO2)ccc(C)c1Cl. The highest BCUT2D eigenvalue weighted by Crippen LogP contribution is 2.36. The van der Waals surface area contributed by atoms with Gasteiger partial charge < -0.3 is 14.8 Å². The highest BCUT2D eigenvalue weighted by Gasteiger charge is 2.21. The Hall–Kier alpha value is -0.770. The summed E-state index contributed by atoms with van der Waals surface area (Å²) < 4.78 is 11.1. The molecule has 1 saturated heterocycles. The van der Waals surface area contributed by atoms with Crippen LogP contribution in [0.25, 0.3) is 0 Å². The van der Waals surface area contributed by atoms with Crippen LogP contribution in [-0.2, 0) is 4.74 Å². The lowest BCUT2D eigenvalue weighted by molar-refractivity contribution is 0.0263. The second kappa shape index (κ2) is 5.04. The lowest BCUT2D eigenvalue weighted by Gasteiger charge is -2.26. The Labute approximate surface area is 101 Å². The first kappa shape index (κ1) is 11.7. The topological polar surface area (TPSA) is 30.5 Å². The van der Waals surface area contributed by atoms with Crippen molar-refractivity contribution in [3.8, 4) is 5.75 Å². The molecule has 2 rings (SSSR count). The third kappa shape index (κ3) is 2.17. The molecule has 0 radical (unpaired) electrons. The largest absolute Gasteiger partial charge is 0.495 e. The number of hydrogen-bond acceptors (Lipinski definition) is 3. The first-order valence-corrected chi connectivity index (χ1v) is 5.77. The monoisotopic (exact) mass is 241 g/mol. The molecule has 4 heteroatoms. The Balaban J connectivity index is 2.35. The zero-order valence-corrected chi connectivity index (χ0v) is 10.3. The second-order valence-electron chi connectivity index (χ2n) is 3.88. The normalized spacial score (nSPS) is 20.8.